The van der Waals surface area contributed by atoms with Crippen LogP contribution in [0, 0.1) is 5.92 Å². The monoisotopic (exact) mass is 226 g/mol. The molecule has 0 saturated heterocycles. The molecular weight excluding hydrogens is 196 g/mol. The summed E-state index contributed by atoms with van der Waals surface area (Å²) in [7, 11) is 4.31. The van der Waals surface area contributed by atoms with Gasteiger partial charge in [0.05, 0.1) is 0 Å². The first kappa shape index (κ1) is 14.0. The van der Waals surface area contributed by atoms with E-state index in [-0.39, 0.29) is 0 Å². The van der Waals surface area contributed by atoms with E-state index in [0.717, 1.165) is 12.0 Å². The predicted molar refractivity (Wildman–Crippen MR) is 71.8 cm³/mol. The van der Waals surface area contributed by atoms with E-state index in [1.54, 1.807) is 0 Å². The van der Waals surface area contributed by atoms with Gasteiger partial charge in [-0.1, -0.05) is 19.8 Å². The van der Waals surface area contributed by atoms with Crippen LogP contribution in [0.1, 0.15) is 52.4 Å². The summed E-state index contributed by atoms with van der Waals surface area (Å²) >= 11 is 0. The van der Waals surface area contributed by atoms with Gasteiger partial charge in [0, 0.05) is 12.1 Å². The molecule has 1 aliphatic rings. The van der Waals surface area contributed by atoms with Gasteiger partial charge in [-0.2, -0.15) is 0 Å². The van der Waals surface area contributed by atoms with E-state index in [1.165, 1.54) is 45.1 Å². The van der Waals surface area contributed by atoms with Crippen molar-refractivity contribution in [1.29, 1.82) is 0 Å². The van der Waals surface area contributed by atoms with E-state index < -0.39 is 0 Å². The van der Waals surface area contributed by atoms with Crippen LogP contribution in [0.5, 0.6) is 0 Å². The zero-order valence-corrected chi connectivity index (χ0v) is 11.6. The Bertz CT molecular complexity index is 180. The fourth-order valence-electron chi connectivity index (χ4n) is 2.59. The van der Waals surface area contributed by atoms with Crippen LogP contribution in [0.2, 0.25) is 0 Å². The molecule has 1 saturated carbocycles. The Morgan fingerprint density at radius 3 is 2.62 bits per heavy atom. The van der Waals surface area contributed by atoms with Gasteiger partial charge < -0.3 is 10.2 Å². The Hall–Kier alpha value is -0.0800. The summed E-state index contributed by atoms with van der Waals surface area (Å²) in [6.45, 7) is 5.92. The minimum atomic E-state index is 0.667. The molecule has 3 atom stereocenters. The number of hydrogen-bond donors (Lipinski definition) is 1. The first-order chi connectivity index (χ1) is 7.58. The van der Waals surface area contributed by atoms with Crippen LogP contribution in [0.25, 0.3) is 0 Å². The van der Waals surface area contributed by atoms with Gasteiger partial charge >= 0.3 is 0 Å². The number of rotatable bonds is 5. The van der Waals surface area contributed by atoms with E-state index in [4.69, 9.17) is 0 Å². The van der Waals surface area contributed by atoms with Crippen LogP contribution in [-0.2, 0) is 0 Å². The molecule has 0 aromatic carbocycles. The second kappa shape index (κ2) is 7.29. The van der Waals surface area contributed by atoms with E-state index >= 15 is 0 Å². The lowest BCUT2D eigenvalue weighted by Gasteiger charge is -2.23. The fourth-order valence-corrected chi connectivity index (χ4v) is 2.59. The lowest BCUT2D eigenvalue weighted by Crippen LogP contribution is -2.37. The summed E-state index contributed by atoms with van der Waals surface area (Å²) in [6, 6.07) is 1.45. The molecule has 0 heterocycles. The van der Waals surface area contributed by atoms with Gasteiger partial charge in [-0.15, -0.1) is 0 Å². The van der Waals surface area contributed by atoms with Gasteiger partial charge in [0.1, 0.15) is 0 Å². The highest BCUT2D eigenvalue weighted by Gasteiger charge is 2.17. The smallest absolute Gasteiger partial charge is 0.00696 e. The highest BCUT2D eigenvalue weighted by atomic mass is 15.1. The summed E-state index contributed by atoms with van der Waals surface area (Å²) in [5.74, 6) is 0.948. The molecule has 0 bridgehead atoms. The number of nitrogens with one attached hydrogen (secondary N) is 1. The lowest BCUT2D eigenvalue weighted by molar-refractivity contribution is 0.336. The normalized spacial score (nSPS) is 29.1. The van der Waals surface area contributed by atoms with Crippen molar-refractivity contribution in [3.05, 3.63) is 0 Å². The summed E-state index contributed by atoms with van der Waals surface area (Å²) < 4.78 is 0. The molecule has 0 aromatic heterocycles. The molecule has 1 N–H and O–H groups in total. The molecule has 16 heavy (non-hydrogen) atoms. The van der Waals surface area contributed by atoms with Crippen molar-refractivity contribution in [1.82, 2.24) is 10.2 Å². The maximum Gasteiger partial charge on any atom is 0.00696 e. The van der Waals surface area contributed by atoms with Crippen molar-refractivity contribution < 1.29 is 0 Å². The van der Waals surface area contributed by atoms with Crippen molar-refractivity contribution >= 4 is 0 Å². The van der Waals surface area contributed by atoms with Crippen LogP contribution in [-0.4, -0.2) is 37.6 Å². The SMILES string of the molecule is CC1CCCC(NC(C)CCN(C)C)CC1. The van der Waals surface area contributed by atoms with Crippen LogP contribution < -0.4 is 5.32 Å². The Morgan fingerprint density at radius 2 is 1.94 bits per heavy atom. The summed E-state index contributed by atoms with van der Waals surface area (Å²) in [5.41, 5.74) is 0. The van der Waals surface area contributed by atoms with Gasteiger partial charge in [0.15, 0.2) is 0 Å². The van der Waals surface area contributed by atoms with E-state index in [2.05, 4.69) is 38.2 Å². The third kappa shape index (κ3) is 5.86. The molecule has 0 aromatic rings. The Labute approximate surface area is 102 Å². The van der Waals surface area contributed by atoms with Gasteiger partial charge in [0.2, 0.25) is 0 Å². The third-order valence-electron chi connectivity index (χ3n) is 3.79. The number of hydrogen-bond acceptors (Lipinski definition) is 2. The van der Waals surface area contributed by atoms with E-state index in [9.17, 15) is 0 Å². The zero-order valence-electron chi connectivity index (χ0n) is 11.6. The van der Waals surface area contributed by atoms with Crippen molar-refractivity contribution in [2.45, 2.75) is 64.5 Å². The molecule has 0 aliphatic heterocycles. The van der Waals surface area contributed by atoms with Crippen LogP contribution in [0.4, 0.5) is 0 Å². The molecule has 0 spiro atoms. The minimum absolute atomic E-state index is 0.667. The van der Waals surface area contributed by atoms with Crippen LogP contribution in [0.15, 0.2) is 0 Å². The van der Waals surface area contributed by atoms with E-state index in [0.29, 0.717) is 6.04 Å². The molecule has 0 radical (unpaired) electrons. The molecular formula is C14H30N2. The van der Waals surface area contributed by atoms with Gasteiger partial charge in [0.25, 0.3) is 0 Å². The first-order valence-electron chi connectivity index (χ1n) is 6.98. The highest BCUT2D eigenvalue weighted by Crippen LogP contribution is 2.22. The maximum atomic E-state index is 3.81. The quantitative estimate of drug-likeness (QED) is 0.725. The second-order valence-electron chi connectivity index (χ2n) is 5.97. The average Bonchev–Trinajstić information content (AvgIpc) is 2.41. The maximum absolute atomic E-state index is 3.81. The lowest BCUT2D eigenvalue weighted by atomic mass is 10.0. The predicted octanol–water partition coefficient (Wildman–Crippen LogP) is 2.89. The topological polar surface area (TPSA) is 15.3 Å². The molecule has 96 valence electrons. The molecule has 2 heteroatoms. The zero-order chi connectivity index (χ0) is 12.0. The number of nitrogens with zero attached hydrogens (tertiary/aromatic N) is 1. The molecule has 2 nitrogen and oxygen atoms in total. The fraction of sp³-hybridized carbons (Fsp3) is 1.00. The minimum Gasteiger partial charge on any atom is -0.311 e. The Kier molecular flexibility index (Phi) is 6.37. The van der Waals surface area contributed by atoms with Gasteiger partial charge in [-0.3, -0.25) is 0 Å². The summed E-state index contributed by atoms with van der Waals surface area (Å²) in [5, 5.41) is 3.81. The third-order valence-corrected chi connectivity index (χ3v) is 3.79. The molecule has 1 aliphatic carbocycles. The first-order valence-corrected chi connectivity index (χ1v) is 6.98. The Balaban J connectivity index is 2.19. The Morgan fingerprint density at radius 1 is 1.19 bits per heavy atom. The van der Waals surface area contributed by atoms with Crippen molar-refractivity contribution in [2.75, 3.05) is 20.6 Å². The van der Waals surface area contributed by atoms with Crippen molar-refractivity contribution in [2.24, 2.45) is 5.92 Å². The molecule has 1 fully saturated rings. The largest absolute Gasteiger partial charge is 0.311 e. The highest BCUT2D eigenvalue weighted by molar-refractivity contribution is 4.76. The van der Waals surface area contributed by atoms with Crippen molar-refractivity contribution in [3.63, 3.8) is 0 Å². The van der Waals surface area contributed by atoms with Crippen LogP contribution in [0.3, 0.4) is 0 Å². The average molecular weight is 226 g/mol. The summed E-state index contributed by atoms with van der Waals surface area (Å²) in [6.07, 6.45) is 8.30. The molecule has 1 rings (SSSR count). The van der Waals surface area contributed by atoms with E-state index in [1.807, 2.05) is 0 Å². The molecule has 3 unspecified atom stereocenters. The van der Waals surface area contributed by atoms with Crippen LogP contribution >= 0.6 is 0 Å². The van der Waals surface area contributed by atoms with Gasteiger partial charge in [-0.05, 0) is 59.2 Å². The standard InChI is InChI=1S/C14H30N2/c1-12-6-5-7-14(9-8-12)15-13(2)10-11-16(3)4/h12-15H,5-11H2,1-4H3. The molecule has 0 amide bonds. The summed E-state index contributed by atoms with van der Waals surface area (Å²) in [4.78, 5) is 2.27. The second-order valence-corrected chi connectivity index (χ2v) is 5.97. The van der Waals surface area contributed by atoms with Crippen molar-refractivity contribution in [3.8, 4) is 0 Å². The van der Waals surface area contributed by atoms with Gasteiger partial charge in [-0.25, -0.2) is 0 Å².